The Bertz CT molecular complexity index is 714. The molecule has 0 bridgehead atoms. The van der Waals surface area contributed by atoms with E-state index in [2.05, 4.69) is 41.6 Å². The molecule has 0 saturated heterocycles. The second-order valence-electron chi connectivity index (χ2n) is 6.58. The molecular formula is C20H26FN3O. The molecule has 0 spiro atoms. The van der Waals surface area contributed by atoms with E-state index >= 15 is 0 Å². The maximum absolute atomic E-state index is 13.4. The lowest BCUT2D eigenvalue weighted by Crippen LogP contribution is -2.43. The summed E-state index contributed by atoms with van der Waals surface area (Å²) in [5.74, 6) is -0.293. The Morgan fingerprint density at radius 1 is 1.12 bits per heavy atom. The average Bonchev–Trinajstić information content (AvgIpc) is 2.61. The third-order valence-corrected chi connectivity index (χ3v) is 4.03. The topological polar surface area (TPSA) is 56.7 Å². The van der Waals surface area contributed by atoms with Gasteiger partial charge in [0.2, 0.25) is 0 Å². The van der Waals surface area contributed by atoms with Crippen LogP contribution < -0.4 is 10.6 Å². The molecule has 0 heterocycles. The number of guanidine groups is 1. The summed E-state index contributed by atoms with van der Waals surface area (Å²) in [5.41, 5.74) is 1.90. The van der Waals surface area contributed by atoms with E-state index < -0.39 is 5.82 Å². The van der Waals surface area contributed by atoms with Crippen molar-refractivity contribution in [2.45, 2.75) is 32.7 Å². The predicted octanol–water partition coefficient (Wildman–Crippen LogP) is 3.56. The first-order valence-electron chi connectivity index (χ1n) is 8.47. The van der Waals surface area contributed by atoms with E-state index in [1.165, 1.54) is 17.7 Å². The minimum atomic E-state index is -0.629. The summed E-state index contributed by atoms with van der Waals surface area (Å²) in [6, 6.07) is 14.6. The van der Waals surface area contributed by atoms with Crippen LogP contribution in [0.2, 0.25) is 0 Å². The van der Waals surface area contributed by atoms with Crippen molar-refractivity contribution >= 4 is 5.96 Å². The molecule has 0 saturated carbocycles. The number of phenols is 1. The van der Waals surface area contributed by atoms with E-state index in [0.717, 1.165) is 6.54 Å². The molecule has 2 aromatic rings. The van der Waals surface area contributed by atoms with Crippen molar-refractivity contribution in [1.29, 1.82) is 0 Å². The fourth-order valence-electron chi connectivity index (χ4n) is 2.46. The molecule has 0 radical (unpaired) electrons. The maximum atomic E-state index is 13.4. The van der Waals surface area contributed by atoms with Crippen molar-refractivity contribution in [2.24, 2.45) is 4.99 Å². The van der Waals surface area contributed by atoms with Gasteiger partial charge in [-0.1, -0.05) is 50.2 Å². The zero-order valence-corrected chi connectivity index (χ0v) is 15.0. The molecule has 0 aromatic heterocycles. The van der Waals surface area contributed by atoms with Crippen LogP contribution in [0, 0.1) is 5.82 Å². The lowest BCUT2D eigenvalue weighted by molar-refractivity contribution is 0.432. The van der Waals surface area contributed by atoms with Crippen LogP contribution in [-0.4, -0.2) is 24.2 Å². The second-order valence-corrected chi connectivity index (χ2v) is 6.58. The first-order chi connectivity index (χ1) is 11.9. The van der Waals surface area contributed by atoms with Crippen LogP contribution in [0.3, 0.4) is 0 Å². The molecule has 2 aromatic carbocycles. The van der Waals surface area contributed by atoms with E-state index in [1.54, 1.807) is 6.07 Å². The van der Waals surface area contributed by atoms with E-state index in [0.29, 0.717) is 24.6 Å². The van der Waals surface area contributed by atoms with Gasteiger partial charge in [0, 0.05) is 18.5 Å². The van der Waals surface area contributed by atoms with Crippen LogP contribution in [0.5, 0.6) is 5.75 Å². The molecule has 0 amide bonds. The Hall–Kier alpha value is -2.56. The van der Waals surface area contributed by atoms with Crippen molar-refractivity contribution in [2.75, 3.05) is 13.1 Å². The zero-order valence-electron chi connectivity index (χ0n) is 15.0. The van der Waals surface area contributed by atoms with Gasteiger partial charge in [0.25, 0.3) is 0 Å². The summed E-state index contributed by atoms with van der Waals surface area (Å²) in [5, 5.41) is 15.8. The van der Waals surface area contributed by atoms with E-state index in [4.69, 9.17) is 0 Å². The van der Waals surface area contributed by atoms with Gasteiger partial charge in [-0.2, -0.15) is 0 Å². The van der Waals surface area contributed by atoms with Crippen molar-refractivity contribution in [3.63, 3.8) is 0 Å². The van der Waals surface area contributed by atoms with Crippen LogP contribution >= 0.6 is 0 Å². The third-order valence-electron chi connectivity index (χ3n) is 4.03. The molecule has 3 N–H and O–H groups in total. The normalized spacial score (nSPS) is 12.1. The highest BCUT2D eigenvalue weighted by Crippen LogP contribution is 2.21. The number of hydrogen-bond donors (Lipinski definition) is 3. The number of aromatic hydroxyl groups is 1. The quantitative estimate of drug-likeness (QED) is 0.555. The molecule has 0 aliphatic heterocycles. The number of phenolic OH excluding ortho intramolecular Hbond substituents is 1. The molecule has 0 atom stereocenters. The molecule has 2 rings (SSSR count). The van der Waals surface area contributed by atoms with Gasteiger partial charge >= 0.3 is 0 Å². The number of benzene rings is 2. The van der Waals surface area contributed by atoms with Gasteiger partial charge in [-0.15, -0.1) is 0 Å². The Morgan fingerprint density at radius 2 is 1.84 bits per heavy atom. The first kappa shape index (κ1) is 18.8. The molecule has 5 heteroatoms. The van der Waals surface area contributed by atoms with Gasteiger partial charge in [-0.05, 0) is 30.2 Å². The molecule has 4 nitrogen and oxygen atoms in total. The van der Waals surface area contributed by atoms with Crippen LogP contribution in [0.15, 0.2) is 53.5 Å². The van der Waals surface area contributed by atoms with Crippen LogP contribution in [0.25, 0.3) is 0 Å². The lowest BCUT2D eigenvalue weighted by atomic mass is 9.85. The molecular weight excluding hydrogens is 317 g/mol. The van der Waals surface area contributed by atoms with Crippen molar-refractivity contribution < 1.29 is 9.50 Å². The highest BCUT2D eigenvalue weighted by Gasteiger charge is 2.20. The fraction of sp³-hybridized carbons (Fsp3) is 0.350. The highest BCUT2D eigenvalue weighted by atomic mass is 19.1. The summed E-state index contributed by atoms with van der Waals surface area (Å²) in [4.78, 5) is 4.50. The third kappa shape index (κ3) is 5.48. The standard InChI is InChI=1S/C20H26FN3O/c1-4-22-19(23-13-15-10-11-18(25)17(21)12-15)24-14-20(2,3)16-8-6-5-7-9-16/h5-12,25H,4,13-14H2,1-3H3,(H2,22,23,24). The summed E-state index contributed by atoms with van der Waals surface area (Å²) in [6.07, 6.45) is 0. The number of nitrogens with zero attached hydrogens (tertiary/aromatic N) is 1. The van der Waals surface area contributed by atoms with Gasteiger partial charge in [0.15, 0.2) is 17.5 Å². The molecule has 134 valence electrons. The number of halogens is 1. The summed E-state index contributed by atoms with van der Waals surface area (Å²) >= 11 is 0. The van der Waals surface area contributed by atoms with Crippen molar-refractivity contribution in [3.05, 3.63) is 65.5 Å². The zero-order chi connectivity index (χ0) is 18.3. The van der Waals surface area contributed by atoms with Gasteiger partial charge < -0.3 is 15.7 Å². The fourth-order valence-corrected chi connectivity index (χ4v) is 2.46. The predicted molar refractivity (Wildman–Crippen MR) is 100 cm³/mol. The van der Waals surface area contributed by atoms with Gasteiger partial charge in [-0.25, -0.2) is 9.38 Å². The monoisotopic (exact) mass is 343 g/mol. The Kier molecular flexibility index (Phi) is 6.39. The van der Waals surface area contributed by atoms with Gasteiger partial charge in [-0.3, -0.25) is 0 Å². The summed E-state index contributed by atoms with van der Waals surface area (Å²) in [6.45, 7) is 8.13. The SMILES string of the molecule is CCNC(=NCc1ccc(O)c(F)c1)NCC(C)(C)c1ccccc1. The van der Waals surface area contributed by atoms with Crippen molar-refractivity contribution in [1.82, 2.24) is 10.6 Å². The number of hydrogen-bond acceptors (Lipinski definition) is 2. The van der Waals surface area contributed by atoms with Crippen LogP contribution in [0.1, 0.15) is 31.9 Å². The van der Waals surface area contributed by atoms with Crippen LogP contribution in [0.4, 0.5) is 4.39 Å². The number of aliphatic imine (C=N–C) groups is 1. The molecule has 25 heavy (non-hydrogen) atoms. The largest absolute Gasteiger partial charge is 0.505 e. The number of nitrogens with one attached hydrogen (secondary N) is 2. The summed E-state index contributed by atoms with van der Waals surface area (Å²) in [7, 11) is 0. The lowest BCUT2D eigenvalue weighted by Gasteiger charge is -2.26. The minimum Gasteiger partial charge on any atom is -0.505 e. The highest BCUT2D eigenvalue weighted by molar-refractivity contribution is 5.79. The molecule has 0 aliphatic rings. The van der Waals surface area contributed by atoms with Crippen molar-refractivity contribution in [3.8, 4) is 5.75 Å². The van der Waals surface area contributed by atoms with Gasteiger partial charge in [0.1, 0.15) is 0 Å². The Balaban J connectivity index is 2.03. The maximum Gasteiger partial charge on any atom is 0.191 e. The molecule has 0 aliphatic carbocycles. The summed E-state index contributed by atoms with van der Waals surface area (Å²) < 4.78 is 13.4. The Labute approximate surface area is 148 Å². The van der Waals surface area contributed by atoms with E-state index in [1.807, 2.05) is 25.1 Å². The smallest absolute Gasteiger partial charge is 0.191 e. The van der Waals surface area contributed by atoms with E-state index in [-0.39, 0.29) is 11.2 Å². The second kappa shape index (κ2) is 8.51. The van der Waals surface area contributed by atoms with E-state index in [9.17, 15) is 9.50 Å². The number of rotatable bonds is 6. The average molecular weight is 343 g/mol. The van der Waals surface area contributed by atoms with Gasteiger partial charge in [0.05, 0.1) is 6.54 Å². The molecule has 0 fully saturated rings. The molecule has 0 unspecified atom stereocenters. The Morgan fingerprint density at radius 3 is 2.48 bits per heavy atom. The van der Waals surface area contributed by atoms with Crippen LogP contribution in [-0.2, 0) is 12.0 Å². The first-order valence-corrected chi connectivity index (χ1v) is 8.47. The minimum absolute atomic E-state index is 0.0535.